The van der Waals surface area contributed by atoms with Gasteiger partial charge in [0, 0.05) is 10.0 Å². The van der Waals surface area contributed by atoms with Gasteiger partial charge in [0.25, 0.3) is 0 Å². The molecule has 0 spiro atoms. The number of ketones is 1. The van der Waals surface area contributed by atoms with Gasteiger partial charge in [0.1, 0.15) is 11.6 Å². The minimum absolute atomic E-state index is 0.122. The number of rotatable bonds is 2. The van der Waals surface area contributed by atoms with Gasteiger partial charge in [-0.1, -0.05) is 17.7 Å². The number of halogens is 4. The lowest BCUT2D eigenvalue weighted by atomic mass is 9.98. The number of carbonyl (C=O) groups is 1. The molecule has 0 fully saturated rings. The molecule has 0 aliphatic carbocycles. The van der Waals surface area contributed by atoms with Crippen LogP contribution in [0.25, 0.3) is 0 Å². The minimum Gasteiger partial charge on any atom is -0.288 e. The second-order valence-corrected chi connectivity index (χ2v) is 5.30. The molecular weight excluding hydrogens is 338 g/mol. The Morgan fingerprint density at radius 2 is 1.84 bits per heavy atom. The molecule has 0 atom stereocenters. The van der Waals surface area contributed by atoms with Crippen LogP contribution in [-0.2, 0) is 0 Å². The molecule has 2 rings (SSSR count). The Labute approximate surface area is 122 Å². The molecule has 0 N–H and O–H groups in total. The summed E-state index contributed by atoms with van der Waals surface area (Å²) < 4.78 is 27.3. The second-order valence-electron chi connectivity index (χ2n) is 4.03. The molecule has 0 aliphatic heterocycles. The van der Waals surface area contributed by atoms with Crippen LogP contribution in [0.3, 0.4) is 0 Å². The number of hydrogen-bond acceptors (Lipinski definition) is 1. The summed E-state index contributed by atoms with van der Waals surface area (Å²) in [5, 5.41) is 0.221. The lowest BCUT2D eigenvalue weighted by molar-refractivity contribution is 0.103. The highest BCUT2D eigenvalue weighted by Crippen LogP contribution is 2.27. The Kier molecular flexibility index (Phi) is 4.02. The first kappa shape index (κ1) is 14.2. The number of aryl methyl sites for hydroxylation is 1. The minimum atomic E-state index is -0.704. The van der Waals surface area contributed by atoms with E-state index in [0.717, 1.165) is 12.1 Å². The average Bonchev–Trinajstić information content (AvgIpc) is 2.36. The Morgan fingerprint density at radius 3 is 2.53 bits per heavy atom. The molecule has 98 valence electrons. The van der Waals surface area contributed by atoms with Crippen LogP contribution in [0.1, 0.15) is 21.5 Å². The van der Waals surface area contributed by atoms with E-state index in [1.54, 1.807) is 6.92 Å². The van der Waals surface area contributed by atoms with Crippen LogP contribution in [0, 0.1) is 18.6 Å². The van der Waals surface area contributed by atoms with Crippen LogP contribution in [0.2, 0.25) is 5.02 Å². The van der Waals surface area contributed by atoms with Crippen molar-refractivity contribution < 1.29 is 13.6 Å². The Bertz CT molecular complexity index is 671. The zero-order chi connectivity index (χ0) is 14.2. The van der Waals surface area contributed by atoms with E-state index in [0.29, 0.717) is 10.0 Å². The fraction of sp³-hybridized carbons (Fsp3) is 0.0714. The van der Waals surface area contributed by atoms with E-state index < -0.39 is 17.4 Å². The number of benzene rings is 2. The zero-order valence-electron chi connectivity index (χ0n) is 9.81. The van der Waals surface area contributed by atoms with Crippen molar-refractivity contribution in [1.29, 1.82) is 0 Å². The van der Waals surface area contributed by atoms with Gasteiger partial charge in [0.2, 0.25) is 0 Å². The summed E-state index contributed by atoms with van der Waals surface area (Å²) in [6.45, 7) is 1.66. The van der Waals surface area contributed by atoms with Gasteiger partial charge in [0.05, 0.1) is 10.6 Å². The number of hydrogen-bond donors (Lipinski definition) is 0. The van der Waals surface area contributed by atoms with Crippen molar-refractivity contribution in [1.82, 2.24) is 0 Å². The molecule has 0 saturated heterocycles. The molecule has 0 saturated carbocycles. The largest absolute Gasteiger partial charge is 0.288 e. The summed E-state index contributed by atoms with van der Waals surface area (Å²) in [6, 6.07) is 6.16. The van der Waals surface area contributed by atoms with Crippen molar-refractivity contribution in [2.75, 3.05) is 0 Å². The molecule has 0 amide bonds. The summed E-state index contributed by atoms with van der Waals surface area (Å²) in [4.78, 5) is 12.2. The molecule has 19 heavy (non-hydrogen) atoms. The Morgan fingerprint density at radius 1 is 1.16 bits per heavy atom. The zero-order valence-corrected chi connectivity index (χ0v) is 12.1. The molecule has 0 heterocycles. The van der Waals surface area contributed by atoms with E-state index in [1.807, 2.05) is 0 Å². The molecule has 0 aromatic heterocycles. The van der Waals surface area contributed by atoms with Gasteiger partial charge >= 0.3 is 0 Å². The van der Waals surface area contributed by atoms with Crippen LogP contribution in [0.4, 0.5) is 8.78 Å². The lowest BCUT2D eigenvalue weighted by Crippen LogP contribution is -2.07. The third kappa shape index (κ3) is 2.85. The molecule has 2 aromatic carbocycles. The van der Waals surface area contributed by atoms with Crippen LogP contribution in [-0.4, -0.2) is 5.78 Å². The predicted molar refractivity (Wildman–Crippen MR) is 73.7 cm³/mol. The summed E-state index contributed by atoms with van der Waals surface area (Å²) in [5.74, 6) is -1.84. The van der Waals surface area contributed by atoms with E-state index in [9.17, 15) is 13.6 Å². The van der Waals surface area contributed by atoms with Crippen LogP contribution in [0.15, 0.2) is 34.8 Å². The summed E-state index contributed by atoms with van der Waals surface area (Å²) in [7, 11) is 0. The Balaban J connectivity index is 2.56. The molecule has 2 aromatic rings. The highest BCUT2D eigenvalue weighted by molar-refractivity contribution is 9.10. The SMILES string of the molecule is Cc1ccc(F)cc1C(=O)c1cc(Cl)c(Br)cc1F. The first-order valence-electron chi connectivity index (χ1n) is 5.35. The van der Waals surface area contributed by atoms with Crippen molar-refractivity contribution in [3.63, 3.8) is 0 Å². The molecule has 0 aliphatic rings. The lowest BCUT2D eigenvalue weighted by Gasteiger charge is -2.07. The third-order valence-corrected chi connectivity index (χ3v) is 3.90. The highest BCUT2D eigenvalue weighted by atomic mass is 79.9. The highest BCUT2D eigenvalue weighted by Gasteiger charge is 2.18. The van der Waals surface area contributed by atoms with Gasteiger partial charge in [-0.15, -0.1) is 0 Å². The van der Waals surface area contributed by atoms with Gasteiger partial charge in [-0.2, -0.15) is 0 Å². The topological polar surface area (TPSA) is 17.1 Å². The average molecular weight is 346 g/mol. The molecule has 1 nitrogen and oxygen atoms in total. The molecule has 0 radical (unpaired) electrons. The first-order chi connectivity index (χ1) is 8.90. The monoisotopic (exact) mass is 344 g/mol. The van der Waals surface area contributed by atoms with Crippen LogP contribution < -0.4 is 0 Å². The normalized spacial score (nSPS) is 10.6. The maximum atomic E-state index is 13.8. The van der Waals surface area contributed by atoms with Crippen molar-refractivity contribution in [3.05, 3.63) is 68.2 Å². The van der Waals surface area contributed by atoms with Gasteiger partial charge in [0.15, 0.2) is 5.78 Å². The van der Waals surface area contributed by atoms with Gasteiger partial charge < -0.3 is 0 Å². The molecule has 0 bridgehead atoms. The van der Waals surface area contributed by atoms with Gasteiger partial charge in [-0.25, -0.2) is 8.78 Å². The predicted octanol–water partition coefficient (Wildman–Crippen LogP) is 4.92. The molecule has 5 heteroatoms. The van der Waals surface area contributed by atoms with Crippen LogP contribution in [0.5, 0.6) is 0 Å². The standard InChI is InChI=1S/C14H8BrClF2O/c1-7-2-3-8(17)4-9(7)14(19)10-5-12(16)11(15)6-13(10)18/h2-6H,1H3. The van der Waals surface area contributed by atoms with E-state index in [-0.39, 0.29) is 16.1 Å². The van der Waals surface area contributed by atoms with Crippen molar-refractivity contribution >= 4 is 33.3 Å². The maximum absolute atomic E-state index is 13.8. The maximum Gasteiger partial charge on any atom is 0.196 e. The Hall–Kier alpha value is -1.26. The van der Waals surface area contributed by atoms with E-state index in [2.05, 4.69) is 15.9 Å². The van der Waals surface area contributed by atoms with Crippen molar-refractivity contribution in [2.45, 2.75) is 6.92 Å². The van der Waals surface area contributed by atoms with E-state index >= 15 is 0 Å². The fourth-order valence-corrected chi connectivity index (χ4v) is 2.16. The fourth-order valence-electron chi connectivity index (χ4n) is 1.68. The number of carbonyl (C=O) groups excluding carboxylic acids is 1. The third-order valence-electron chi connectivity index (χ3n) is 2.70. The smallest absolute Gasteiger partial charge is 0.196 e. The summed E-state index contributed by atoms with van der Waals surface area (Å²) in [6.07, 6.45) is 0. The van der Waals surface area contributed by atoms with Gasteiger partial charge in [-0.05, 0) is 52.7 Å². The summed E-state index contributed by atoms with van der Waals surface area (Å²) in [5.41, 5.74) is 0.518. The van der Waals surface area contributed by atoms with Crippen molar-refractivity contribution in [3.8, 4) is 0 Å². The molecule has 0 unspecified atom stereocenters. The second kappa shape index (κ2) is 5.39. The van der Waals surface area contributed by atoms with Crippen molar-refractivity contribution in [2.24, 2.45) is 0 Å². The van der Waals surface area contributed by atoms with E-state index in [1.165, 1.54) is 18.2 Å². The molecular formula is C14H8BrClF2O. The first-order valence-corrected chi connectivity index (χ1v) is 6.52. The quantitative estimate of drug-likeness (QED) is 0.558. The van der Waals surface area contributed by atoms with E-state index in [4.69, 9.17) is 11.6 Å². The van der Waals surface area contributed by atoms with Gasteiger partial charge in [-0.3, -0.25) is 4.79 Å². The summed E-state index contributed by atoms with van der Waals surface area (Å²) >= 11 is 8.92. The van der Waals surface area contributed by atoms with Crippen LogP contribution >= 0.6 is 27.5 Å².